The van der Waals surface area contributed by atoms with Crippen LogP contribution in [0.2, 0.25) is 0 Å². The van der Waals surface area contributed by atoms with Gasteiger partial charge in [0.2, 0.25) is 0 Å². The van der Waals surface area contributed by atoms with Gasteiger partial charge in [-0.05, 0) is 29.8 Å². The van der Waals surface area contributed by atoms with Gasteiger partial charge in [0, 0.05) is 12.3 Å². The Morgan fingerprint density at radius 2 is 2.00 bits per heavy atom. The maximum atomic E-state index is 8.80. The summed E-state index contributed by atoms with van der Waals surface area (Å²) in [6.07, 6.45) is 1.73. The smallest absolute Gasteiger partial charge is 0.121 e. The Morgan fingerprint density at radius 1 is 1.17 bits per heavy atom. The lowest BCUT2D eigenvalue weighted by molar-refractivity contribution is 0.415. The van der Waals surface area contributed by atoms with E-state index in [0.29, 0.717) is 5.56 Å². The van der Waals surface area contributed by atoms with Crippen LogP contribution in [-0.2, 0) is 0 Å². The minimum absolute atomic E-state index is 0.629. The van der Waals surface area contributed by atoms with E-state index in [1.54, 1.807) is 25.5 Å². The summed E-state index contributed by atoms with van der Waals surface area (Å²) in [5.74, 6) is 0.774. The zero-order valence-electron chi connectivity index (χ0n) is 10.00. The van der Waals surface area contributed by atoms with E-state index in [-0.39, 0.29) is 0 Å². The standard InChI is InChI=1S/C15H12N2O/c1-18-15-7-3-6-14(9-15)17-11-13-5-2-4-12(8-13)10-16/h2-9,11H,1H3/b17-11+. The number of nitriles is 1. The highest BCUT2D eigenvalue weighted by atomic mass is 16.5. The minimum Gasteiger partial charge on any atom is -0.497 e. The molecule has 0 aromatic heterocycles. The van der Waals surface area contributed by atoms with Gasteiger partial charge in [-0.25, -0.2) is 0 Å². The predicted molar refractivity (Wildman–Crippen MR) is 71.4 cm³/mol. The van der Waals surface area contributed by atoms with Gasteiger partial charge < -0.3 is 4.74 Å². The lowest BCUT2D eigenvalue weighted by atomic mass is 10.1. The SMILES string of the molecule is COc1cccc(/N=C/c2cccc(C#N)c2)c1. The van der Waals surface area contributed by atoms with Crippen molar-refractivity contribution in [2.24, 2.45) is 4.99 Å². The number of nitrogens with zero attached hydrogens (tertiary/aromatic N) is 2. The molecule has 0 bridgehead atoms. The van der Waals surface area contributed by atoms with Crippen molar-refractivity contribution in [1.29, 1.82) is 5.26 Å². The third-order valence-electron chi connectivity index (χ3n) is 2.43. The van der Waals surface area contributed by atoms with Gasteiger partial charge in [-0.2, -0.15) is 5.26 Å². The first-order chi connectivity index (χ1) is 8.81. The van der Waals surface area contributed by atoms with Gasteiger partial charge in [-0.1, -0.05) is 18.2 Å². The fraction of sp³-hybridized carbons (Fsp3) is 0.0667. The van der Waals surface area contributed by atoms with Gasteiger partial charge in [-0.3, -0.25) is 4.99 Å². The monoisotopic (exact) mass is 236 g/mol. The van der Waals surface area contributed by atoms with Gasteiger partial charge in [0.15, 0.2) is 0 Å². The molecule has 0 radical (unpaired) electrons. The minimum atomic E-state index is 0.629. The average Bonchev–Trinajstić information content (AvgIpc) is 2.45. The zero-order valence-corrected chi connectivity index (χ0v) is 10.00. The van der Waals surface area contributed by atoms with Crippen molar-refractivity contribution in [1.82, 2.24) is 0 Å². The summed E-state index contributed by atoms with van der Waals surface area (Å²) in [6.45, 7) is 0. The van der Waals surface area contributed by atoms with Crippen LogP contribution in [0.3, 0.4) is 0 Å². The second-order valence-electron chi connectivity index (χ2n) is 3.70. The Hall–Kier alpha value is -2.60. The largest absolute Gasteiger partial charge is 0.497 e. The molecule has 88 valence electrons. The van der Waals surface area contributed by atoms with Gasteiger partial charge in [0.1, 0.15) is 5.75 Å². The van der Waals surface area contributed by atoms with Crippen molar-refractivity contribution in [3.8, 4) is 11.8 Å². The Kier molecular flexibility index (Phi) is 3.72. The van der Waals surface area contributed by atoms with Gasteiger partial charge >= 0.3 is 0 Å². The molecule has 0 heterocycles. The van der Waals surface area contributed by atoms with Crippen LogP contribution >= 0.6 is 0 Å². The topological polar surface area (TPSA) is 45.4 Å². The molecular formula is C15H12N2O. The molecule has 0 saturated heterocycles. The van der Waals surface area contributed by atoms with Crippen LogP contribution < -0.4 is 4.74 Å². The van der Waals surface area contributed by atoms with Crippen molar-refractivity contribution in [2.45, 2.75) is 0 Å². The predicted octanol–water partition coefficient (Wildman–Crippen LogP) is 3.32. The molecule has 0 unspecified atom stereocenters. The van der Waals surface area contributed by atoms with Crippen molar-refractivity contribution in [3.05, 3.63) is 59.7 Å². The number of hydrogen-bond acceptors (Lipinski definition) is 3. The third kappa shape index (κ3) is 2.96. The first-order valence-corrected chi connectivity index (χ1v) is 5.50. The lowest BCUT2D eigenvalue weighted by Gasteiger charge is -1.99. The van der Waals surface area contributed by atoms with Crippen LogP contribution in [0.4, 0.5) is 5.69 Å². The van der Waals surface area contributed by atoms with E-state index in [4.69, 9.17) is 10.00 Å². The summed E-state index contributed by atoms with van der Waals surface area (Å²) in [5.41, 5.74) is 2.35. The maximum Gasteiger partial charge on any atom is 0.121 e. The molecule has 0 spiro atoms. The van der Waals surface area contributed by atoms with E-state index in [2.05, 4.69) is 11.1 Å². The van der Waals surface area contributed by atoms with E-state index in [0.717, 1.165) is 17.0 Å². The first kappa shape index (κ1) is 11.9. The van der Waals surface area contributed by atoms with Crippen molar-refractivity contribution in [3.63, 3.8) is 0 Å². The average molecular weight is 236 g/mol. The number of benzene rings is 2. The highest BCUT2D eigenvalue weighted by molar-refractivity contribution is 5.82. The number of aliphatic imine (C=N–C) groups is 1. The second-order valence-corrected chi connectivity index (χ2v) is 3.70. The number of ether oxygens (including phenoxy) is 1. The Morgan fingerprint density at radius 3 is 2.78 bits per heavy atom. The summed E-state index contributed by atoms with van der Waals surface area (Å²) in [6, 6.07) is 16.9. The number of rotatable bonds is 3. The molecular weight excluding hydrogens is 224 g/mol. The summed E-state index contributed by atoms with van der Waals surface area (Å²) in [7, 11) is 1.62. The normalized spacial score (nSPS) is 10.2. The van der Waals surface area contributed by atoms with E-state index in [1.807, 2.05) is 36.4 Å². The second kappa shape index (κ2) is 5.65. The van der Waals surface area contributed by atoms with Crippen molar-refractivity contribution in [2.75, 3.05) is 7.11 Å². The molecule has 0 amide bonds. The zero-order chi connectivity index (χ0) is 12.8. The van der Waals surface area contributed by atoms with Gasteiger partial charge in [0.05, 0.1) is 24.4 Å². The van der Waals surface area contributed by atoms with Gasteiger partial charge in [0.25, 0.3) is 0 Å². The molecule has 0 aliphatic carbocycles. The number of methoxy groups -OCH3 is 1. The number of hydrogen-bond donors (Lipinski definition) is 0. The van der Waals surface area contributed by atoms with Crippen LogP contribution in [0.5, 0.6) is 5.75 Å². The van der Waals surface area contributed by atoms with Crippen LogP contribution in [0, 0.1) is 11.3 Å². The van der Waals surface area contributed by atoms with E-state index in [9.17, 15) is 0 Å². The van der Waals surface area contributed by atoms with Crippen LogP contribution in [0.1, 0.15) is 11.1 Å². The Labute approximate surface area is 106 Å². The Bertz CT molecular complexity index is 612. The molecule has 0 atom stereocenters. The fourth-order valence-electron chi connectivity index (χ4n) is 1.53. The molecule has 0 aliphatic heterocycles. The molecule has 3 heteroatoms. The summed E-state index contributed by atoms with van der Waals surface area (Å²) in [5, 5.41) is 8.80. The van der Waals surface area contributed by atoms with Crippen molar-refractivity contribution < 1.29 is 4.74 Å². The van der Waals surface area contributed by atoms with Crippen LogP contribution in [0.25, 0.3) is 0 Å². The quantitative estimate of drug-likeness (QED) is 0.767. The van der Waals surface area contributed by atoms with Gasteiger partial charge in [-0.15, -0.1) is 0 Å². The molecule has 0 aliphatic rings. The fourth-order valence-corrected chi connectivity index (χ4v) is 1.53. The molecule has 0 saturated carbocycles. The maximum absolute atomic E-state index is 8.80. The van der Waals surface area contributed by atoms with E-state index in [1.165, 1.54) is 0 Å². The van der Waals surface area contributed by atoms with E-state index >= 15 is 0 Å². The highest BCUT2D eigenvalue weighted by Gasteiger charge is 1.94. The summed E-state index contributed by atoms with van der Waals surface area (Å²) in [4.78, 5) is 4.35. The Balaban J connectivity index is 2.21. The van der Waals surface area contributed by atoms with E-state index < -0.39 is 0 Å². The van der Waals surface area contributed by atoms with Crippen LogP contribution in [-0.4, -0.2) is 13.3 Å². The summed E-state index contributed by atoms with van der Waals surface area (Å²) >= 11 is 0. The molecule has 2 rings (SSSR count). The first-order valence-electron chi connectivity index (χ1n) is 5.50. The molecule has 0 N–H and O–H groups in total. The molecule has 2 aromatic rings. The molecule has 0 fully saturated rings. The lowest BCUT2D eigenvalue weighted by Crippen LogP contribution is -1.83. The molecule has 3 nitrogen and oxygen atoms in total. The third-order valence-corrected chi connectivity index (χ3v) is 2.43. The molecule has 2 aromatic carbocycles. The highest BCUT2D eigenvalue weighted by Crippen LogP contribution is 2.19. The summed E-state index contributed by atoms with van der Waals surface area (Å²) < 4.78 is 5.13. The molecule has 18 heavy (non-hydrogen) atoms. The van der Waals surface area contributed by atoms with Crippen LogP contribution in [0.15, 0.2) is 53.5 Å². The van der Waals surface area contributed by atoms with Crippen molar-refractivity contribution >= 4 is 11.9 Å².